The molecule has 1 unspecified atom stereocenters. The Morgan fingerprint density at radius 1 is 1.20 bits per heavy atom. The molecule has 0 aliphatic heterocycles. The lowest BCUT2D eigenvalue weighted by Gasteiger charge is -2.18. The first-order valence-corrected chi connectivity index (χ1v) is 5.50. The molecule has 0 bridgehead atoms. The summed E-state index contributed by atoms with van der Waals surface area (Å²) in [5, 5.41) is 0. The van der Waals surface area contributed by atoms with Crippen molar-refractivity contribution in [2.75, 3.05) is 19.8 Å². The standard InChI is InChI=1S/C8H13Cl3O4/c1-3-13-6(12)7(14-4-2)15-5-8(9,10)11/h7H,3-5H2,1-2H3. The van der Waals surface area contributed by atoms with Crippen LogP contribution in [0.2, 0.25) is 0 Å². The molecule has 15 heavy (non-hydrogen) atoms. The quantitative estimate of drug-likeness (QED) is 0.425. The molecule has 1 atom stereocenters. The molecule has 4 nitrogen and oxygen atoms in total. The zero-order chi connectivity index (χ0) is 11.9. The molecule has 0 saturated carbocycles. The highest BCUT2D eigenvalue weighted by Crippen LogP contribution is 2.26. The number of hydrogen-bond acceptors (Lipinski definition) is 4. The Morgan fingerprint density at radius 3 is 2.20 bits per heavy atom. The van der Waals surface area contributed by atoms with E-state index >= 15 is 0 Å². The first kappa shape index (κ1) is 15.3. The van der Waals surface area contributed by atoms with Crippen LogP contribution in [0.25, 0.3) is 0 Å². The van der Waals surface area contributed by atoms with Crippen molar-refractivity contribution in [1.82, 2.24) is 0 Å². The van der Waals surface area contributed by atoms with E-state index in [9.17, 15) is 4.79 Å². The van der Waals surface area contributed by atoms with Gasteiger partial charge >= 0.3 is 5.97 Å². The lowest BCUT2D eigenvalue weighted by molar-refractivity contribution is -0.193. The molecule has 0 fully saturated rings. The number of carbonyl (C=O) groups is 1. The van der Waals surface area contributed by atoms with Crippen molar-refractivity contribution < 1.29 is 19.0 Å². The van der Waals surface area contributed by atoms with Crippen LogP contribution < -0.4 is 0 Å². The van der Waals surface area contributed by atoms with Gasteiger partial charge in [-0.05, 0) is 13.8 Å². The SMILES string of the molecule is CCOC(=O)C(OCC)OCC(Cl)(Cl)Cl. The molecule has 0 aromatic heterocycles. The maximum Gasteiger partial charge on any atom is 0.363 e. The average molecular weight is 280 g/mol. The van der Waals surface area contributed by atoms with Crippen molar-refractivity contribution in [3.8, 4) is 0 Å². The van der Waals surface area contributed by atoms with Gasteiger partial charge < -0.3 is 14.2 Å². The molecule has 0 N–H and O–H groups in total. The molecule has 0 aliphatic rings. The van der Waals surface area contributed by atoms with Crippen LogP contribution in [0.1, 0.15) is 13.8 Å². The van der Waals surface area contributed by atoms with Crippen molar-refractivity contribution in [1.29, 1.82) is 0 Å². The third-order valence-corrected chi connectivity index (χ3v) is 1.52. The molecular formula is C8H13Cl3O4. The number of ether oxygens (including phenoxy) is 3. The van der Waals surface area contributed by atoms with Gasteiger partial charge in [0.25, 0.3) is 6.29 Å². The predicted molar refractivity (Wildman–Crippen MR) is 58.3 cm³/mol. The molecular weight excluding hydrogens is 266 g/mol. The molecule has 90 valence electrons. The van der Waals surface area contributed by atoms with Crippen LogP contribution in [0.15, 0.2) is 0 Å². The molecule has 0 amide bonds. The lowest BCUT2D eigenvalue weighted by atomic mass is 10.6. The summed E-state index contributed by atoms with van der Waals surface area (Å²) in [5.41, 5.74) is 0. The summed E-state index contributed by atoms with van der Waals surface area (Å²) < 4.78 is 13.1. The van der Waals surface area contributed by atoms with Crippen molar-refractivity contribution >= 4 is 40.8 Å². The molecule has 7 heteroatoms. The van der Waals surface area contributed by atoms with Crippen LogP contribution in [-0.2, 0) is 19.0 Å². The molecule has 0 aliphatic carbocycles. The van der Waals surface area contributed by atoms with Gasteiger partial charge in [0.2, 0.25) is 3.79 Å². The Bertz CT molecular complexity index is 193. The summed E-state index contributed by atoms with van der Waals surface area (Å²) in [5.74, 6) is -0.631. The number of alkyl halides is 3. The van der Waals surface area contributed by atoms with E-state index in [2.05, 4.69) is 0 Å². The second-order valence-corrected chi connectivity index (χ2v) is 4.98. The number of esters is 1. The van der Waals surface area contributed by atoms with Crippen LogP contribution in [-0.4, -0.2) is 35.9 Å². The largest absolute Gasteiger partial charge is 0.462 e. The van der Waals surface area contributed by atoms with Gasteiger partial charge in [0.15, 0.2) is 0 Å². The maximum absolute atomic E-state index is 11.2. The average Bonchev–Trinajstić information content (AvgIpc) is 2.11. The molecule has 0 aromatic carbocycles. The van der Waals surface area contributed by atoms with Gasteiger partial charge in [0, 0.05) is 6.61 Å². The summed E-state index contributed by atoms with van der Waals surface area (Å²) in [6.45, 7) is 3.67. The van der Waals surface area contributed by atoms with E-state index in [1.807, 2.05) is 0 Å². The van der Waals surface area contributed by atoms with Crippen LogP contribution in [0.3, 0.4) is 0 Å². The Kier molecular flexibility index (Phi) is 7.65. The second kappa shape index (κ2) is 7.52. The van der Waals surface area contributed by atoms with Crippen molar-refractivity contribution in [3.05, 3.63) is 0 Å². The number of rotatable bonds is 6. The van der Waals surface area contributed by atoms with Crippen molar-refractivity contribution in [2.24, 2.45) is 0 Å². The van der Waals surface area contributed by atoms with E-state index in [0.717, 1.165) is 0 Å². The fourth-order valence-corrected chi connectivity index (χ4v) is 0.905. The molecule has 0 saturated heterocycles. The van der Waals surface area contributed by atoms with Crippen LogP contribution in [0.5, 0.6) is 0 Å². The fraction of sp³-hybridized carbons (Fsp3) is 0.875. The smallest absolute Gasteiger partial charge is 0.363 e. The zero-order valence-corrected chi connectivity index (χ0v) is 10.7. The van der Waals surface area contributed by atoms with Crippen LogP contribution >= 0.6 is 34.8 Å². The first-order chi connectivity index (χ1) is 6.90. The minimum Gasteiger partial charge on any atom is -0.462 e. The van der Waals surface area contributed by atoms with E-state index in [1.165, 1.54) is 0 Å². The second-order valence-electron chi connectivity index (χ2n) is 2.47. The molecule has 0 radical (unpaired) electrons. The van der Waals surface area contributed by atoms with Gasteiger partial charge in [0.05, 0.1) is 13.2 Å². The summed E-state index contributed by atoms with van der Waals surface area (Å²) in [6, 6.07) is 0. The summed E-state index contributed by atoms with van der Waals surface area (Å²) >= 11 is 16.4. The number of carbonyl (C=O) groups excluding carboxylic acids is 1. The number of hydrogen-bond donors (Lipinski definition) is 0. The van der Waals surface area contributed by atoms with E-state index in [-0.39, 0.29) is 13.2 Å². The topological polar surface area (TPSA) is 44.8 Å². The Morgan fingerprint density at radius 2 is 1.80 bits per heavy atom. The van der Waals surface area contributed by atoms with Crippen LogP contribution in [0, 0.1) is 0 Å². The van der Waals surface area contributed by atoms with E-state index in [1.54, 1.807) is 13.8 Å². The van der Waals surface area contributed by atoms with Gasteiger partial charge in [-0.15, -0.1) is 0 Å². The number of halogens is 3. The summed E-state index contributed by atoms with van der Waals surface area (Å²) in [7, 11) is 0. The predicted octanol–water partition coefficient (Wildman–Crippen LogP) is 2.30. The Labute approximate surface area is 104 Å². The Balaban J connectivity index is 4.09. The first-order valence-electron chi connectivity index (χ1n) is 4.37. The summed E-state index contributed by atoms with van der Waals surface area (Å²) in [6.07, 6.45) is -1.15. The highest BCUT2D eigenvalue weighted by atomic mass is 35.6. The minimum absolute atomic E-state index is 0.236. The summed E-state index contributed by atoms with van der Waals surface area (Å²) in [4.78, 5) is 11.2. The third-order valence-electron chi connectivity index (χ3n) is 1.20. The molecule has 0 rings (SSSR count). The third kappa shape index (κ3) is 8.11. The highest BCUT2D eigenvalue weighted by Gasteiger charge is 2.27. The normalized spacial score (nSPS) is 13.7. The van der Waals surface area contributed by atoms with Gasteiger partial charge in [-0.1, -0.05) is 34.8 Å². The molecule has 0 heterocycles. The maximum atomic E-state index is 11.2. The highest BCUT2D eigenvalue weighted by molar-refractivity contribution is 6.67. The minimum atomic E-state index is -1.58. The Hall–Kier alpha value is 0.260. The van der Waals surface area contributed by atoms with Crippen LogP contribution in [0.4, 0.5) is 0 Å². The molecule has 0 spiro atoms. The van der Waals surface area contributed by atoms with Gasteiger partial charge in [0.1, 0.15) is 0 Å². The van der Waals surface area contributed by atoms with Gasteiger partial charge in [-0.3, -0.25) is 0 Å². The van der Waals surface area contributed by atoms with Crippen molar-refractivity contribution in [3.63, 3.8) is 0 Å². The zero-order valence-electron chi connectivity index (χ0n) is 8.47. The van der Waals surface area contributed by atoms with E-state index in [4.69, 9.17) is 49.0 Å². The van der Waals surface area contributed by atoms with E-state index in [0.29, 0.717) is 6.61 Å². The van der Waals surface area contributed by atoms with Gasteiger partial charge in [-0.25, -0.2) is 4.79 Å². The van der Waals surface area contributed by atoms with Crippen molar-refractivity contribution in [2.45, 2.75) is 23.9 Å². The molecule has 0 aromatic rings. The van der Waals surface area contributed by atoms with Gasteiger partial charge in [-0.2, -0.15) is 0 Å². The lowest BCUT2D eigenvalue weighted by Crippen LogP contribution is -2.32. The fourth-order valence-electron chi connectivity index (χ4n) is 0.716. The monoisotopic (exact) mass is 278 g/mol. The van der Waals surface area contributed by atoms with E-state index < -0.39 is 16.1 Å².